The van der Waals surface area contributed by atoms with Crippen molar-refractivity contribution in [3.63, 3.8) is 0 Å². The highest BCUT2D eigenvalue weighted by atomic mass is 32.2. The molecule has 0 saturated heterocycles. The molecule has 2 rings (SSSR count). The van der Waals surface area contributed by atoms with E-state index in [0.29, 0.717) is 16.8 Å². The van der Waals surface area contributed by atoms with Gasteiger partial charge in [-0.05, 0) is 42.0 Å². The number of hydrogen-bond acceptors (Lipinski definition) is 4. The molecule has 0 aliphatic rings. The van der Waals surface area contributed by atoms with Crippen LogP contribution in [0.3, 0.4) is 0 Å². The highest BCUT2D eigenvalue weighted by Gasteiger charge is 2.06. The van der Waals surface area contributed by atoms with E-state index in [0.717, 1.165) is 0 Å². The second kappa shape index (κ2) is 6.86. The lowest BCUT2D eigenvalue weighted by Gasteiger charge is -2.06. The Morgan fingerprint density at radius 3 is 2.05 bits per heavy atom. The maximum atomic E-state index is 11.9. The van der Waals surface area contributed by atoms with Gasteiger partial charge in [0.05, 0.1) is 11.3 Å². The molecule has 22 heavy (non-hydrogen) atoms. The number of nitrogens with two attached hydrogens (primary N) is 1. The first-order chi connectivity index (χ1) is 10.5. The highest BCUT2D eigenvalue weighted by molar-refractivity contribution is 7.72. The third-order valence-electron chi connectivity index (χ3n) is 2.97. The van der Waals surface area contributed by atoms with Crippen LogP contribution in [0.1, 0.15) is 15.9 Å². The van der Waals surface area contributed by atoms with E-state index in [-0.39, 0.29) is 17.2 Å². The number of primary amides is 1. The summed E-state index contributed by atoms with van der Waals surface area (Å²) in [5.74, 6) is -0.777. The lowest BCUT2D eigenvalue weighted by Crippen LogP contribution is -2.15. The van der Waals surface area contributed by atoms with E-state index in [9.17, 15) is 18.0 Å². The standard InChI is InChI=1S/C15H14N2O4S/c16-15(19)11-3-5-12(6-4-11)17-14(18)9-10-1-7-13(8-2-10)22(20)21/h1-8,22H,9H2,(H2,16,19)(H,17,18). The number of thiol groups is 1. The summed E-state index contributed by atoms with van der Waals surface area (Å²) in [5.41, 5.74) is 6.74. The van der Waals surface area contributed by atoms with E-state index < -0.39 is 16.6 Å². The molecule has 7 heteroatoms. The average Bonchev–Trinajstić information content (AvgIpc) is 2.48. The molecule has 2 amide bonds. The quantitative estimate of drug-likeness (QED) is 0.713. The summed E-state index contributed by atoms with van der Waals surface area (Å²) in [7, 11) is -2.61. The van der Waals surface area contributed by atoms with Crippen molar-refractivity contribution in [2.45, 2.75) is 11.3 Å². The summed E-state index contributed by atoms with van der Waals surface area (Å²) in [6.45, 7) is 0. The Morgan fingerprint density at radius 2 is 1.55 bits per heavy atom. The van der Waals surface area contributed by atoms with Gasteiger partial charge < -0.3 is 11.1 Å². The van der Waals surface area contributed by atoms with Crippen LogP contribution in [0.25, 0.3) is 0 Å². The van der Waals surface area contributed by atoms with Gasteiger partial charge in [0, 0.05) is 11.3 Å². The number of carbonyl (C=O) groups excluding carboxylic acids is 2. The van der Waals surface area contributed by atoms with Crippen LogP contribution in [0.2, 0.25) is 0 Å². The Bertz CT molecular complexity index is 757. The smallest absolute Gasteiger partial charge is 0.248 e. The zero-order valence-electron chi connectivity index (χ0n) is 11.5. The van der Waals surface area contributed by atoms with Crippen molar-refractivity contribution in [3.8, 4) is 0 Å². The number of hydrogen-bond donors (Lipinski definition) is 3. The minimum atomic E-state index is -2.61. The second-order valence-corrected chi connectivity index (χ2v) is 5.62. The van der Waals surface area contributed by atoms with Gasteiger partial charge in [0.15, 0.2) is 10.7 Å². The first-order valence-electron chi connectivity index (χ1n) is 6.39. The van der Waals surface area contributed by atoms with Crippen molar-refractivity contribution in [1.82, 2.24) is 0 Å². The van der Waals surface area contributed by atoms with Gasteiger partial charge in [0.25, 0.3) is 0 Å². The van der Waals surface area contributed by atoms with E-state index in [2.05, 4.69) is 5.32 Å². The number of carbonyl (C=O) groups is 2. The Labute approximate surface area is 128 Å². The summed E-state index contributed by atoms with van der Waals surface area (Å²) in [4.78, 5) is 23.0. The van der Waals surface area contributed by atoms with Gasteiger partial charge in [-0.3, -0.25) is 9.59 Å². The molecule has 114 valence electrons. The monoisotopic (exact) mass is 318 g/mol. The average molecular weight is 318 g/mol. The van der Waals surface area contributed by atoms with Crippen molar-refractivity contribution < 1.29 is 18.0 Å². The van der Waals surface area contributed by atoms with Crippen molar-refractivity contribution in [2.75, 3.05) is 5.32 Å². The van der Waals surface area contributed by atoms with Crippen LogP contribution in [0.4, 0.5) is 5.69 Å². The summed E-state index contributed by atoms with van der Waals surface area (Å²) < 4.78 is 21.6. The fourth-order valence-electron chi connectivity index (χ4n) is 1.84. The molecule has 3 N–H and O–H groups in total. The number of nitrogens with one attached hydrogen (secondary N) is 1. The van der Waals surface area contributed by atoms with Gasteiger partial charge in [0.1, 0.15) is 0 Å². The first kappa shape index (κ1) is 15.7. The van der Waals surface area contributed by atoms with Crippen molar-refractivity contribution in [3.05, 3.63) is 59.7 Å². The van der Waals surface area contributed by atoms with Crippen molar-refractivity contribution in [1.29, 1.82) is 0 Å². The summed E-state index contributed by atoms with van der Waals surface area (Å²) in [5, 5.41) is 2.68. The zero-order valence-corrected chi connectivity index (χ0v) is 12.4. The molecule has 6 nitrogen and oxygen atoms in total. The zero-order chi connectivity index (χ0) is 16.1. The molecule has 0 bridgehead atoms. The third kappa shape index (κ3) is 4.16. The molecule has 2 aromatic carbocycles. The summed E-state index contributed by atoms with van der Waals surface area (Å²) >= 11 is 0. The summed E-state index contributed by atoms with van der Waals surface area (Å²) in [6, 6.07) is 12.3. The largest absolute Gasteiger partial charge is 0.366 e. The van der Waals surface area contributed by atoms with Crippen LogP contribution in [-0.2, 0) is 21.9 Å². The van der Waals surface area contributed by atoms with Crippen LogP contribution in [0.15, 0.2) is 53.4 Å². The number of amides is 2. The molecule has 0 unspecified atom stereocenters. The van der Waals surface area contributed by atoms with E-state index >= 15 is 0 Å². The van der Waals surface area contributed by atoms with Gasteiger partial charge in [0.2, 0.25) is 11.8 Å². The topological polar surface area (TPSA) is 106 Å². The first-order valence-corrected chi connectivity index (χ1v) is 7.56. The molecule has 0 heterocycles. The van der Waals surface area contributed by atoms with Crippen LogP contribution in [0, 0.1) is 0 Å². The van der Waals surface area contributed by atoms with Gasteiger partial charge in [-0.15, -0.1) is 0 Å². The number of benzene rings is 2. The van der Waals surface area contributed by atoms with Crippen LogP contribution in [0.5, 0.6) is 0 Å². The predicted molar refractivity (Wildman–Crippen MR) is 82.3 cm³/mol. The van der Waals surface area contributed by atoms with Gasteiger partial charge >= 0.3 is 0 Å². The van der Waals surface area contributed by atoms with Gasteiger partial charge in [-0.1, -0.05) is 12.1 Å². The van der Waals surface area contributed by atoms with E-state index in [1.54, 1.807) is 24.3 Å². The molecular weight excluding hydrogens is 304 g/mol. The number of rotatable bonds is 5. The molecule has 0 aliphatic carbocycles. The molecule has 0 aromatic heterocycles. The lowest BCUT2D eigenvalue weighted by atomic mass is 10.1. The lowest BCUT2D eigenvalue weighted by molar-refractivity contribution is -0.115. The molecular formula is C15H14N2O4S. The molecule has 2 aromatic rings. The third-order valence-corrected chi connectivity index (χ3v) is 3.68. The predicted octanol–water partition coefficient (Wildman–Crippen LogP) is 0.937. The van der Waals surface area contributed by atoms with E-state index in [1.807, 2.05) is 0 Å². The second-order valence-electron chi connectivity index (χ2n) is 4.59. The Balaban J connectivity index is 1.99. The number of anilines is 1. The maximum absolute atomic E-state index is 11.9. The SMILES string of the molecule is NC(=O)c1ccc(NC(=O)Cc2ccc([SH](=O)=O)cc2)cc1. The molecule has 0 fully saturated rings. The Morgan fingerprint density at radius 1 is 0.955 bits per heavy atom. The molecule has 0 radical (unpaired) electrons. The minimum absolute atomic E-state index is 0.119. The highest BCUT2D eigenvalue weighted by Crippen LogP contribution is 2.11. The Hall–Kier alpha value is -2.67. The normalized spacial score (nSPS) is 10.4. The maximum Gasteiger partial charge on any atom is 0.248 e. The van der Waals surface area contributed by atoms with E-state index in [1.165, 1.54) is 24.3 Å². The van der Waals surface area contributed by atoms with Gasteiger partial charge in [-0.25, -0.2) is 8.42 Å². The van der Waals surface area contributed by atoms with E-state index in [4.69, 9.17) is 5.73 Å². The van der Waals surface area contributed by atoms with Crippen LogP contribution >= 0.6 is 0 Å². The molecule has 0 spiro atoms. The molecule has 0 saturated carbocycles. The van der Waals surface area contributed by atoms with Crippen LogP contribution < -0.4 is 11.1 Å². The fraction of sp³-hybridized carbons (Fsp3) is 0.0667. The molecule has 0 aliphatic heterocycles. The fourth-order valence-corrected chi connectivity index (χ4v) is 2.24. The van der Waals surface area contributed by atoms with Gasteiger partial charge in [-0.2, -0.15) is 0 Å². The Kier molecular flexibility index (Phi) is 4.90. The van der Waals surface area contributed by atoms with Crippen molar-refractivity contribution in [2.24, 2.45) is 5.73 Å². The minimum Gasteiger partial charge on any atom is -0.366 e. The molecule has 0 atom stereocenters. The van der Waals surface area contributed by atoms with Crippen LogP contribution in [-0.4, -0.2) is 20.2 Å². The summed E-state index contributed by atoms with van der Waals surface area (Å²) in [6.07, 6.45) is 0.119. The van der Waals surface area contributed by atoms with Crippen molar-refractivity contribution >= 4 is 28.2 Å².